The van der Waals surface area contributed by atoms with Crippen LogP contribution < -0.4 is 10.6 Å². The number of nitrogens with one attached hydrogen (secondary N) is 2. The lowest BCUT2D eigenvalue weighted by atomic mass is 9.99. The Morgan fingerprint density at radius 2 is 1.83 bits per heavy atom. The summed E-state index contributed by atoms with van der Waals surface area (Å²) in [5.74, 6) is -0.644. The Hall–Kier alpha value is -3.46. The van der Waals surface area contributed by atoms with Crippen LogP contribution in [0, 0.1) is 0 Å². The van der Waals surface area contributed by atoms with Crippen molar-refractivity contribution in [2.45, 2.75) is 6.54 Å². The predicted molar refractivity (Wildman–Crippen MR) is 140 cm³/mol. The van der Waals surface area contributed by atoms with Gasteiger partial charge in [-0.25, -0.2) is 4.79 Å². The van der Waals surface area contributed by atoms with Crippen LogP contribution in [-0.4, -0.2) is 62.0 Å². The molecule has 1 aromatic heterocycles. The molecule has 1 fully saturated rings. The molecule has 2 aromatic carbocycles. The van der Waals surface area contributed by atoms with Crippen LogP contribution >= 0.6 is 11.3 Å². The SMILES string of the molecule is COC(=O)c1ccc2c(c1)/C(=C(/Nc1ccc(CN3CCN(C)CC3)cc1)c1ccsc1)C(=O)N2. The third kappa shape index (κ3) is 5.00. The summed E-state index contributed by atoms with van der Waals surface area (Å²) >= 11 is 1.56. The van der Waals surface area contributed by atoms with Gasteiger partial charge < -0.3 is 20.3 Å². The molecule has 180 valence electrons. The fourth-order valence-electron chi connectivity index (χ4n) is 4.45. The van der Waals surface area contributed by atoms with Crippen LogP contribution in [0.5, 0.6) is 0 Å². The van der Waals surface area contributed by atoms with Crippen molar-refractivity contribution in [3.63, 3.8) is 0 Å². The van der Waals surface area contributed by atoms with E-state index >= 15 is 0 Å². The minimum Gasteiger partial charge on any atom is -0.465 e. The number of fused-ring (bicyclic) bond motifs is 1. The van der Waals surface area contributed by atoms with Gasteiger partial charge in [0.1, 0.15) is 0 Å². The van der Waals surface area contributed by atoms with Crippen LogP contribution in [0.25, 0.3) is 11.3 Å². The Balaban J connectivity index is 1.45. The number of piperazine rings is 1. The minimum atomic E-state index is -0.438. The zero-order valence-corrected chi connectivity index (χ0v) is 20.7. The molecule has 0 unspecified atom stereocenters. The highest BCUT2D eigenvalue weighted by atomic mass is 32.1. The summed E-state index contributed by atoms with van der Waals surface area (Å²) in [5, 5.41) is 10.4. The van der Waals surface area contributed by atoms with Crippen LogP contribution in [0.4, 0.5) is 11.4 Å². The minimum absolute atomic E-state index is 0.206. The lowest BCUT2D eigenvalue weighted by molar-refractivity contribution is -0.110. The van der Waals surface area contributed by atoms with Crippen LogP contribution in [0.3, 0.4) is 0 Å². The van der Waals surface area contributed by atoms with E-state index in [9.17, 15) is 9.59 Å². The smallest absolute Gasteiger partial charge is 0.337 e. The van der Waals surface area contributed by atoms with Gasteiger partial charge in [0.15, 0.2) is 0 Å². The van der Waals surface area contributed by atoms with E-state index in [-0.39, 0.29) is 5.91 Å². The Kier molecular flexibility index (Phi) is 6.68. The molecular formula is C27H28N4O3S. The monoisotopic (exact) mass is 488 g/mol. The zero-order valence-electron chi connectivity index (χ0n) is 19.8. The number of benzene rings is 2. The summed E-state index contributed by atoms with van der Waals surface area (Å²) in [6, 6.07) is 15.5. The van der Waals surface area contributed by atoms with Crippen molar-refractivity contribution in [2.24, 2.45) is 0 Å². The molecule has 0 atom stereocenters. The predicted octanol–water partition coefficient (Wildman–Crippen LogP) is 4.21. The molecule has 0 aliphatic carbocycles. The number of esters is 1. The summed E-state index contributed by atoms with van der Waals surface area (Å²) < 4.78 is 4.88. The molecule has 1 saturated heterocycles. The van der Waals surface area contributed by atoms with Crippen LogP contribution in [0.2, 0.25) is 0 Å². The van der Waals surface area contributed by atoms with Crippen molar-refractivity contribution in [3.05, 3.63) is 81.5 Å². The van der Waals surface area contributed by atoms with Gasteiger partial charge in [0.05, 0.1) is 23.9 Å². The number of nitrogens with zero attached hydrogens (tertiary/aromatic N) is 2. The molecule has 0 radical (unpaired) electrons. The van der Waals surface area contributed by atoms with Crippen molar-refractivity contribution in [2.75, 3.05) is 51.0 Å². The molecule has 2 aliphatic rings. The fraction of sp³-hybridized carbons (Fsp3) is 0.259. The lowest BCUT2D eigenvalue weighted by Gasteiger charge is -2.32. The molecule has 2 N–H and O–H groups in total. The summed E-state index contributed by atoms with van der Waals surface area (Å²) in [6.45, 7) is 5.27. The molecule has 0 spiro atoms. The van der Waals surface area contributed by atoms with Crippen LogP contribution in [0.1, 0.15) is 27.0 Å². The number of hydrogen-bond acceptors (Lipinski definition) is 7. The summed E-state index contributed by atoms with van der Waals surface area (Å²) in [7, 11) is 3.51. The average Bonchev–Trinajstić information content (AvgIpc) is 3.52. The van der Waals surface area contributed by atoms with Gasteiger partial charge in [0.2, 0.25) is 0 Å². The second-order valence-corrected chi connectivity index (χ2v) is 9.65. The van der Waals surface area contributed by atoms with Crippen LogP contribution in [-0.2, 0) is 16.1 Å². The van der Waals surface area contributed by atoms with Crippen molar-refractivity contribution in [3.8, 4) is 0 Å². The Morgan fingerprint density at radius 3 is 2.51 bits per heavy atom. The lowest BCUT2D eigenvalue weighted by Crippen LogP contribution is -2.43. The molecule has 3 heterocycles. The molecule has 2 aliphatic heterocycles. The number of ether oxygens (including phenoxy) is 1. The zero-order chi connectivity index (χ0) is 24.4. The highest BCUT2D eigenvalue weighted by Gasteiger charge is 2.29. The number of thiophene rings is 1. The fourth-order valence-corrected chi connectivity index (χ4v) is 5.09. The number of rotatable bonds is 6. The van der Waals surface area contributed by atoms with E-state index in [1.54, 1.807) is 29.5 Å². The first kappa shape index (κ1) is 23.3. The molecule has 8 heteroatoms. The van der Waals surface area contributed by atoms with Crippen molar-refractivity contribution in [1.82, 2.24) is 9.80 Å². The molecule has 7 nitrogen and oxygen atoms in total. The van der Waals surface area contributed by atoms with Gasteiger partial charge in [-0.3, -0.25) is 9.69 Å². The number of hydrogen-bond donors (Lipinski definition) is 2. The molecular weight excluding hydrogens is 460 g/mol. The first-order chi connectivity index (χ1) is 17.0. The number of amides is 1. The van der Waals surface area contributed by atoms with Gasteiger partial charge in [-0.1, -0.05) is 12.1 Å². The van der Waals surface area contributed by atoms with E-state index in [0.29, 0.717) is 28.1 Å². The van der Waals surface area contributed by atoms with E-state index in [2.05, 4.69) is 51.7 Å². The number of carbonyl (C=O) groups excluding carboxylic acids is 2. The molecule has 35 heavy (non-hydrogen) atoms. The highest BCUT2D eigenvalue weighted by Crippen LogP contribution is 2.38. The van der Waals surface area contributed by atoms with E-state index in [0.717, 1.165) is 44.0 Å². The topological polar surface area (TPSA) is 73.9 Å². The first-order valence-electron chi connectivity index (χ1n) is 11.6. The second-order valence-electron chi connectivity index (χ2n) is 8.87. The second kappa shape index (κ2) is 10.0. The van der Waals surface area contributed by atoms with Gasteiger partial charge in [-0.05, 0) is 54.4 Å². The molecule has 0 saturated carbocycles. The van der Waals surface area contributed by atoms with Gasteiger partial charge in [0.25, 0.3) is 5.91 Å². The maximum absolute atomic E-state index is 13.1. The molecule has 3 aromatic rings. The largest absolute Gasteiger partial charge is 0.465 e. The van der Waals surface area contributed by atoms with Crippen molar-refractivity contribution < 1.29 is 14.3 Å². The number of carbonyl (C=O) groups is 2. The average molecular weight is 489 g/mol. The van der Waals surface area contributed by atoms with Crippen LogP contribution in [0.15, 0.2) is 59.3 Å². The summed E-state index contributed by atoms with van der Waals surface area (Å²) in [6.07, 6.45) is 0. The van der Waals surface area contributed by atoms with E-state index in [1.807, 2.05) is 16.8 Å². The van der Waals surface area contributed by atoms with Crippen molar-refractivity contribution in [1.29, 1.82) is 0 Å². The number of anilines is 2. The van der Waals surface area contributed by atoms with Gasteiger partial charge >= 0.3 is 5.97 Å². The maximum Gasteiger partial charge on any atom is 0.337 e. The maximum atomic E-state index is 13.1. The van der Waals surface area contributed by atoms with Gasteiger partial charge in [0, 0.05) is 60.6 Å². The first-order valence-corrected chi connectivity index (χ1v) is 12.5. The standard InChI is InChI=1S/C27H28N4O3S/c1-30-10-12-31(13-11-30)16-18-3-6-21(7-4-18)28-25(20-9-14-35-17-20)24-22-15-19(27(33)34-2)5-8-23(22)29-26(24)32/h3-9,14-15,17,28H,10-13,16H2,1-2H3,(H,29,32)/b25-24-. The summed E-state index contributed by atoms with van der Waals surface area (Å²) in [4.78, 5) is 30.0. The van der Waals surface area contributed by atoms with E-state index in [1.165, 1.54) is 12.7 Å². The van der Waals surface area contributed by atoms with E-state index < -0.39 is 5.97 Å². The normalized spacial score (nSPS) is 17.6. The number of methoxy groups -OCH3 is 1. The van der Waals surface area contributed by atoms with Gasteiger partial charge in [-0.15, -0.1) is 0 Å². The Morgan fingerprint density at radius 1 is 1.06 bits per heavy atom. The van der Waals surface area contributed by atoms with E-state index in [4.69, 9.17) is 4.74 Å². The van der Waals surface area contributed by atoms with Gasteiger partial charge in [-0.2, -0.15) is 11.3 Å². The molecule has 0 bridgehead atoms. The summed E-state index contributed by atoms with van der Waals surface area (Å²) in [5.41, 5.74) is 6.04. The number of likely N-dealkylation sites (N-methyl/N-ethyl adjacent to an activating group) is 1. The third-order valence-electron chi connectivity index (χ3n) is 6.47. The molecule has 5 rings (SSSR count). The Bertz CT molecular complexity index is 1260. The third-order valence-corrected chi connectivity index (χ3v) is 7.15. The van der Waals surface area contributed by atoms with Crippen molar-refractivity contribution >= 4 is 45.9 Å². The Labute approximate surface area is 209 Å². The quantitative estimate of drug-likeness (QED) is 0.400. The highest BCUT2D eigenvalue weighted by molar-refractivity contribution is 7.08. The molecule has 1 amide bonds.